The molecule has 3 aromatic rings. The molecule has 1 N–H and O–H groups in total. The lowest BCUT2D eigenvalue weighted by atomic mass is 9.73. The SMILES string of the molecule is C[C@@H]1OCC2(CCN(c3cnc4c(N5CCCc6nc(N7CCN(C(=O)OC(C)(C)C)CC7)ccc65)nn(C5CCCCO5)c4n3)CC2)[C@@H]1NC(=O)OC(C)(C)C. The smallest absolute Gasteiger partial charge is 0.410 e. The van der Waals surface area contributed by atoms with Crippen molar-refractivity contribution in [2.24, 2.45) is 5.41 Å². The molecule has 5 aliphatic rings. The van der Waals surface area contributed by atoms with Crippen LogP contribution in [-0.2, 0) is 25.4 Å². The van der Waals surface area contributed by atoms with Crippen LogP contribution in [0.4, 0.5) is 32.7 Å². The van der Waals surface area contributed by atoms with Crippen molar-refractivity contribution < 1.29 is 28.5 Å². The topological polar surface area (TPSA) is 153 Å². The van der Waals surface area contributed by atoms with Gasteiger partial charge in [0.25, 0.3) is 0 Å². The Balaban J connectivity index is 1.01. The number of piperidine rings is 1. The number of nitrogens with one attached hydrogen (secondary N) is 1. The summed E-state index contributed by atoms with van der Waals surface area (Å²) in [5.74, 6) is 2.50. The molecule has 0 aromatic carbocycles. The van der Waals surface area contributed by atoms with Crippen molar-refractivity contribution in [2.45, 2.75) is 123 Å². The van der Waals surface area contributed by atoms with Gasteiger partial charge >= 0.3 is 12.2 Å². The van der Waals surface area contributed by atoms with E-state index in [-0.39, 0.29) is 29.9 Å². The van der Waals surface area contributed by atoms with E-state index in [2.05, 4.69) is 32.1 Å². The summed E-state index contributed by atoms with van der Waals surface area (Å²) >= 11 is 0. The number of rotatable bonds is 5. The van der Waals surface area contributed by atoms with Crippen LogP contribution < -0.4 is 20.0 Å². The fourth-order valence-corrected chi connectivity index (χ4v) is 8.94. The molecule has 0 aliphatic carbocycles. The van der Waals surface area contributed by atoms with Crippen molar-refractivity contribution in [1.29, 1.82) is 0 Å². The second-order valence-electron chi connectivity index (χ2n) is 18.3. The van der Waals surface area contributed by atoms with Crippen LogP contribution in [-0.4, -0.2) is 124 Å². The highest BCUT2D eigenvalue weighted by atomic mass is 16.6. The van der Waals surface area contributed by atoms with Crippen LogP contribution in [0, 0.1) is 5.41 Å². The molecule has 4 saturated heterocycles. The van der Waals surface area contributed by atoms with Gasteiger partial charge in [-0.1, -0.05) is 0 Å². The Labute approximate surface area is 335 Å². The number of carbonyl (C=O) groups is 2. The van der Waals surface area contributed by atoms with Crippen LogP contribution in [0.5, 0.6) is 0 Å². The summed E-state index contributed by atoms with van der Waals surface area (Å²) in [4.78, 5) is 49.6. The first-order valence-corrected chi connectivity index (χ1v) is 20.9. The lowest BCUT2D eigenvalue weighted by molar-refractivity contribution is -0.0368. The third-order valence-electron chi connectivity index (χ3n) is 11.9. The first-order valence-electron chi connectivity index (χ1n) is 20.9. The van der Waals surface area contributed by atoms with Crippen LogP contribution in [0.1, 0.15) is 98.9 Å². The van der Waals surface area contributed by atoms with Crippen LogP contribution >= 0.6 is 0 Å². The van der Waals surface area contributed by atoms with Gasteiger partial charge in [0.05, 0.1) is 36.3 Å². The lowest BCUT2D eigenvalue weighted by Crippen LogP contribution is -2.55. The number of hydrogen-bond donors (Lipinski definition) is 1. The molecule has 16 heteroatoms. The van der Waals surface area contributed by atoms with Gasteiger partial charge in [0.2, 0.25) is 0 Å². The average molecular weight is 789 g/mol. The summed E-state index contributed by atoms with van der Waals surface area (Å²) in [6.07, 6.45) is 7.32. The normalized spacial score (nSPS) is 24.2. The van der Waals surface area contributed by atoms with E-state index in [1.54, 1.807) is 4.90 Å². The van der Waals surface area contributed by atoms with Crippen molar-refractivity contribution in [3.8, 4) is 0 Å². The lowest BCUT2D eigenvalue weighted by Gasteiger charge is -2.42. The van der Waals surface area contributed by atoms with Crippen molar-refractivity contribution in [3.05, 3.63) is 24.0 Å². The molecular weight excluding hydrogens is 729 g/mol. The van der Waals surface area contributed by atoms with Gasteiger partial charge in [-0.25, -0.2) is 29.2 Å². The molecule has 4 fully saturated rings. The second-order valence-corrected chi connectivity index (χ2v) is 18.3. The Kier molecular flexibility index (Phi) is 10.6. The summed E-state index contributed by atoms with van der Waals surface area (Å²) in [6, 6.07) is 4.10. The maximum Gasteiger partial charge on any atom is 0.410 e. The van der Waals surface area contributed by atoms with E-state index in [1.165, 1.54) is 0 Å². The molecular formula is C41H60N10O6. The highest BCUT2D eigenvalue weighted by Crippen LogP contribution is 2.44. The van der Waals surface area contributed by atoms with Gasteiger partial charge in [-0.05, 0) is 106 Å². The number of alkyl carbamates (subject to hydrolysis) is 1. The number of nitrogens with zero attached hydrogens (tertiary/aromatic N) is 9. The molecule has 0 saturated carbocycles. The van der Waals surface area contributed by atoms with Crippen molar-refractivity contribution in [3.63, 3.8) is 0 Å². The van der Waals surface area contributed by atoms with Gasteiger partial charge in [-0.3, -0.25) is 0 Å². The number of amides is 2. The predicted octanol–water partition coefficient (Wildman–Crippen LogP) is 5.96. The van der Waals surface area contributed by atoms with Gasteiger partial charge in [0.15, 0.2) is 23.2 Å². The standard InChI is InChI=1S/C41H60N10O6/c1-27-34(45-37(52)56-39(2,3)4)41(26-55-27)15-18-47(19-16-41)31-25-42-33-35(44-31)51(32-12-8-9-24-54-32)46-36(33)50-17-10-11-28-29(50)13-14-30(43-28)48-20-22-49(23-21-48)38(53)57-40(5,6)7/h13-14,25,27,32,34H,8-12,15-24,26H2,1-7H3,(H,45,52)/t27-,32?,34+/m0/s1. The fourth-order valence-electron chi connectivity index (χ4n) is 8.94. The largest absolute Gasteiger partial charge is 0.444 e. The van der Waals surface area contributed by atoms with Crippen molar-refractivity contribution >= 4 is 46.5 Å². The number of pyridine rings is 1. The molecule has 16 nitrogen and oxygen atoms in total. The number of aromatic nitrogens is 5. The second kappa shape index (κ2) is 15.4. The zero-order valence-corrected chi connectivity index (χ0v) is 34.8. The summed E-state index contributed by atoms with van der Waals surface area (Å²) in [7, 11) is 0. The van der Waals surface area contributed by atoms with Gasteiger partial charge in [0, 0.05) is 57.8 Å². The van der Waals surface area contributed by atoms with E-state index >= 15 is 0 Å². The Morgan fingerprint density at radius 2 is 1.60 bits per heavy atom. The number of fused-ring (bicyclic) bond motifs is 2. The zero-order valence-electron chi connectivity index (χ0n) is 34.8. The van der Waals surface area contributed by atoms with Gasteiger partial charge in [-0.15, -0.1) is 5.10 Å². The molecule has 310 valence electrons. The molecule has 1 spiro atoms. The average Bonchev–Trinajstić information content (AvgIpc) is 3.70. The molecule has 2 amide bonds. The minimum Gasteiger partial charge on any atom is -0.444 e. The van der Waals surface area contributed by atoms with Crippen LogP contribution in [0.25, 0.3) is 11.2 Å². The van der Waals surface area contributed by atoms with E-state index in [9.17, 15) is 9.59 Å². The maximum absolute atomic E-state index is 12.8. The summed E-state index contributed by atoms with van der Waals surface area (Å²) < 4.78 is 25.6. The Morgan fingerprint density at radius 1 is 0.860 bits per heavy atom. The van der Waals surface area contributed by atoms with E-state index < -0.39 is 17.3 Å². The Morgan fingerprint density at radius 3 is 2.30 bits per heavy atom. The monoisotopic (exact) mass is 788 g/mol. The van der Waals surface area contributed by atoms with E-state index in [0.29, 0.717) is 39.4 Å². The van der Waals surface area contributed by atoms with Crippen LogP contribution in [0.2, 0.25) is 0 Å². The predicted molar refractivity (Wildman–Crippen MR) is 216 cm³/mol. The fraction of sp³-hybridized carbons (Fsp3) is 0.707. The van der Waals surface area contributed by atoms with Gasteiger partial charge in [0.1, 0.15) is 22.8 Å². The van der Waals surface area contributed by atoms with Crippen molar-refractivity contribution in [1.82, 2.24) is 34.9 Å². The minimum atomic E-state index is -0.573. The summed E-state index contributed by atoms with van der Waals surface area (Å²) in [5, 5.41) is 8.38. The maximum atomic E-state index is 12.8. The molecule has 5 aliphatic heterocycles. The molecule has 3 aromatic heterocycles. The third-order valence-corrected chi connectivity index (χ3v) is 11.9. The highest BCUT2D eigenvalue weighted by molar-refractivity contribution is 5.88. The summed E-state index contributed by atoms with van der Waals surface area (Å²) in [6.45, 7) is 19.5. The third kappa shape index (κ3) is 8.30. The molecule has 0 bridgehead atoms. The van der Waals surface area contributed by atoms with Gasteiger partial charge < -0.3 is 43.9 Å². The molecule has 57 heavy (non-hydrogen) atoms. The Hall–Kier alpha value is -4.44. The molecule has 0 radical (unpaired) electrons. The van der Waals surface area contributed by atoms with Crippen molar-refractivity contribution in [2.75, 3.05) is 73.7 Å². The van der Waals surface area contributed by atoms with E-state index in [4.69, 9.17) is 39.0 Å². The molecule has 1 unspecified atom stereocenters. The molecule has 8 heterocycles. The number of carbonyl (C=O) groups excluding carboxylic acids is 2. The number of ether oxygens (including phenoxy) is 4. The zero-order chi connectivity index (χ0) is 40.1. The molecule has 3 atom stereocenters. The van der Waals surface area contributed by atoms with E-state index in [1.807, 2.05) is 59.3 Å². The van der Waals surface area contributed by atoms with E-state index in [0.717, 1.165) is 105 Å². The number of aryl methyl sites for hydroxylation is 1. The minimum absolute atomic E-state index is 0.105. The Bertz CT molecular complexity index is 1940. The van der Waals surface area contributed by atoms with Crippen LogP contribution in [0.15, 0.2) is 18.3 Å². The molecule has 8 rings (SSSR count). The van der Waals surface area contributed by atoms with Crippen LogP contribution in [0.3, 0.4) is 0 Å². The number of anilines is 4. The first kappa shape index (κ1) is 39.4. The summed E-state index contributed by atoms with van der Waals surface area (Å²) in [5.41, 5.74) is 2.25. The quantitative estimate of drug-likeness (QED) is 0.324. The van der Waals surface area contributed by atoms with Gasteiger partial charge in [-0.2, -0.15) is 0 Å². The first-order chi connectivity index (χ1) is 27.2. The number of piperazine rings is 1. The number of hydrogen-bond acceptors (Lipinski definition) is 13. The highest BCUT2D eigenvalue weighted by Gasteiger charge is 2.50.